The predicted molar refractivity (Wildman–Crippen MR) is 81.9 cm³/mol. The van der Waals surface area contributed by atoms with Crippen LogP contribution in [-0.2, 0) is 4.79 Å². The van der Waals surface area contributed by atoms with Crippen LogP contribution in [0.2, 0.25) is 0 Å². The van der Waals surface area contributed by atoms with Crippen molar-refractivity contribution in [3.63, 3.8) is 0 Å². The Morgan fingerprint density at radius 1 is 1.19 bits per heavy atom. The number of carbonyl (C=O) groups is 2. The first-order valence-electron chi connectivity index (χ1n) is 7.36. The number of nitrogens with zero attached hydrogens (tertiary/aromatic N) is 1. The minimum absolute atomic E-state index is 0.00356. The normalized spacial score (nSPS) is 10.9. The van der Waals surface area contributed by atoms with Gasteiger partial charge in [-0.1, -0.05) is 32.0 Å². The summed E-state index contributed by atoms with van der Waals surface area (Å²) < 4.78 is 0. The van der Waals surface area contributed by atoms with E-state index in [0.29, 0.717) is 12.1 Å². The van der Waals surface area contributed by atoms with Gasteiger partial charge in [-0.05, 0) is 25.0 Å². The highest BCUT2D eigenvalue weighted by Crippen LogP contribution is 2.07. The van der Waals surface area contributed by atoms with E-state index in [1.54, 1.807) is 24.3 Å². The van der Waals surface area contributed by atoms with Crippen LogP contribution in [0.4, 0.5) is 0 Å². The lowest BCUT2D eigenvalue weighted by Gasteiger charge is -2.28. The van der Waals surface area contributed by atoms with Crippen molar-refractivity contribution >= 4 is 11.8 Å². The third-order valence-electron chi connectivity index (χ3n) is 3.48. The lowest BCUT2D eigenvalue weighted by Crippen LogP contribution is -2.45. The van der Waals surface area contributed by atoms with Crippen molar-refractivity contribution in [3.05, 3.63) is 35.9 Å². The van der Waals surface area contributed by atoms with Gasteiger partial charge in [0.15, 0.2) is 0 Å². The Morgan fingerprint density at radius 2 is 1.81 bits per heavy atom. The second kappa shape index (κ2) is 9.26. The van der Waals surface area contributed by atoms with Crippen LogP contribution in [-0.4, -0.2) is 47.6 Å². The molecule has 0 fully saturated rings. The molecule has 1 aromatic carbocycles. The maximum atomic E-state index is 12.0. The summed E-state index contributed by atoms with van der Waals surface area (Å²) >= 11 is 0. The average Bonchev–Trinajstić information content (AvgIpc) is 2.49. The number of aliphatic hydroxyl groups excluding tert-OH is 1. The van der Waals surface area contributed by atoms with E-state index >= 15 is 0 Å². The largest absolute Gasteiger partial charge is 0.395 e. The minimum Gasteiger partial charge on any atom is -0.395 e. The van der Waals surface area contributed by atoms with Gasteiger partial charge in [-0.25, -0.2) is 0 Å². The summed E-state index contributed by atoms with van der Waals surface area (Å²) in [4.78, 5) is 25.8. The van der Waals surface area contributed by atoms with E-state index in [1.165, 1.54) is 0 Å². The van der Waals surface area contributed by atoms with Crippen LogP contribution in [0.15, 0.2) is 30.3 Å². The third-order valence-corrected chi connectivity index (χ3v) is 3.48. The number of hydrogen-bond donors (Lipinski definition) is 2. The number of rotatable bonds is 8. The number of nitrogens with one attached hydrogen (secondary N) is 1. The highest BCUT2D eigenvalue weighted by atomic mass is 16.3. The molecule has 0 bridgehead atoms. The van der Waals surface area contributed by atoms with Gasteiger partial charge in [0, 0.05) is 18.2 Å². The molecule has 0 atom stereocenters. The van der Waals surface area contributed by atoms with Gasteiger partial charge in [0.25, 0.3) is 5.91 Å². The SMILES string of the molecule is CCC(CC)N(CCO)CC(=O)NC(=O)c1ccccc1. The standard InChI is InChI=1S/C16H24N2O3/c1-3-14(4-2)18(10-11-19)12-15(20)17-16(21)13-8-6-5-7-9-13/h5-9,14,19H,3-4,10-12H2,1-2H3,(H,17,20,21). The molecule has 0 saturated carbocycles. The molecule has 5 nitrogen and oxygen atoms in total. The summed E-state index contributed by atoms with van der Waals surface area (Å²) in [5.41, 5.74) is 0.460. The number of imide groups is 1. The molecule has 0 spiro atoms. The molecule has 0 aliphatic rings. The Kier molecular flexibility index (Phi) is 7.64. The van der Waals surface area contributed by atoms with E-state index in [2.05, 4.69) is 5.32 Å². The summed E-state index contributed by atoms with van der Waals surface area (Å²) in [7, 11) is 0. The van der Waals surface area contributed by atoms with E-state index < -0.39 is 5.91 Å². The fourth-order valence-electron chi connectivity index (χ4n) is 2.34. The van der Waals surface area contributed by atoms with Crippen LogP contribution in [0.3, 0.4) is 0 Å². The Bertz CT molecular complexity index is 444. The van der Waals surface area contributed by atoms with Gasteiger partial charge in [0.2, 0.25) is 5.91 Å². The number of benzene rings is 1. The van der Waals surface area contributed by atoms with Gasteiger partial charge in [-0.15, -0.1) is 0 Å². The van der Waals surface area contributed by atoms with Crippen molar-refractivity contribution in [2.45, 2.75) is 32.7 Å². The molecule has 21 heavy (non-hydrogen) atoms. The fraction of sp³-hybridized carbons (Fsp3) is 0.500. The van der Waals surface area contributed by atoms with Gasteiger partial charge in [-0.3, -0.25) is 19.8 Å². The molecule has 0 saturated heterocycles. The molecule has 2 amide bonds. The molecular formula is C16H24N2O3. The molecule has 0 aromatic heterocycles. The van der Waals surface area contributed by atoms with Crippen molar-refractivity contribution in [1.29, 1.82) is 0 Å². The maximum absolute atomic E-state index is 12.0. The molecule has 0 heterocycles. The molecule has 2 N–H and O–H groups in total. The number of aliphatic hydroxyl groups is 1. The Balaban J connectivity index is 2.59. The Hall–Kier alpha value is -1.72. The number of hydrogen-bond acceptors (Lipinski definition) is 4. The van der Waals surface area contributed by atoms with E-state index in [4.69, 9.17) is 5.11 Å². The fourth-order valence-corrected chi connectivity index (χ4v) is 2.34. The number of carbonyl (C=O) groups excluding carboxylic acids is 2. The lowest BCUT2D eigenvalue weighted by molar-refractivity contribution is -0.122. The summed E-state index contributed by atoms with van der Waals surface area (Å²) in [6, 6.07) is 8.87. The van der Waals surface area contributed by atoms with Crippen LogP contribution >= 0.6 is 0 Å². The molecule has 0 aliphatic carbocycles. The molecule has 0 unspecified atom stereocenters. The Morgan fingerprint density at radius 3 is 2.33 bits per heavy atom. The van der Waals surface area contributed by atoms with Gasteiger partial charge in [0.1, 0.15) is 0 Å². The van der Waals surface area contributed by atoms with E-state index in [9.17, 15) is 9.59 Å². The van der Waals surface area contributed by atoms with E-state index in [0.717, 1.165) is 12.8 Å². The van der Waals surface area contributed by atoms with Crippen LogP contribution in [0.1, 0.15) is 37.0 Å². The van der Waals surface area contributed by atoms with Gasteiger partial charge in [-0.2, -0.15) is 0 Å². The van der Waals surface area contributed by atoms with Crippen molar-refractivity contribution in [1.82, 2.24) is 10.2 Å². The summed E-state index contributed by atoms with van der Waals surface area (Å²) in [6.45, 7) is 4.64. The predicted octanol–water partition coefficient (Wildman–Crippen LogP) is 1.43. The summed E-state index contributed by atoms with van der Waals surface area (Å²) in [5, 5.41) is 11.5. The van der Waals surface area contributed by atoms with Gasteiger partial charge < -0.3 is 5.11 Å². The first-order valence-corrected chi connectivity index (χ1v) is 7.36. The zero-order valence-corrected chi connectivity index (χ0v) is 12.7. The van der Waals surface area contributed by atoms with E-state index in [1.807, 2.05) is 24.8 Å². The van der Waals surface area contributed by atoms with E-state index in [-0.39, 0.29) is 25.1 Å². The quantitative estimate of drug-likeness (QED) is 0.760. The van der Waals surface area contributed by atoms with Crippen molar-refractivity contribution in [3.8, 4) is 0 Å². The topological polar surface area (TPSA) is 69.6 Å². The molecule has 0 radical (unpaired) electrons. The molecular weight excluding hydrogens is 268 g/mol. The minimum atomic E-state index is -0.394. The van der Waals surface area contributed by atoms with Crippen LogP contribution in [0.25, 0.3) is 0 Å². The van der Waals surface area contributed by atoms with Crippen LogP contribution in [0, 0.1) is 0 Å². The van der Waals surface area contributed by atoms with Crippen LogP contribution in [0.5, 0.6) is 0 Å². The zero-order chi connectivity index (χ0) is 15.7. The second-order valence-corrected chi connectivity index (χ2v) is 4.91. The Labute approximate surface area is 126 Å². The average molecular weight is 292 g/mol. The van der Waals surface area contributed by atoms with Crippen molar-refractivity contribution in [2.75, 3.05) is 19.7 Å². The molecule has 0 aliphatic heterocycles. The highest BCUT2D eigenvalue weighted by Gasteiger charge is 2.19. The third kappa shape index (κ3) is 5.65. The van der Waals surface area contributed by atoms with Gasteiger partial charge in [0.05, 0.1) is 13.2 Å². The van der Waals surface area contributed by atoms with Gasteiger partial charge >= 0.3 is 0 Å². The number of amides is 2. The zero-order valence-electron chi connectivity index (χ0n) is 12.7. The molecule has 1 aromatic rings. The first-order chi connectivity index (χ1) is 10.1. The summed E-state index contributed by atoms with van der Waals surface area (Å²) in [6.07, 6.45) is 1.80. The smallest absolute Gasteiger partial charge is 0.257 e. The first kappa shape index (κ1) is 17.3. The highest BCUT2D eigenvalue weighted by molar-refractivity contribution is 6.05. The second-order valence-electron chi connectivity index (χ2n) is 4.91. The lowest BCUT2D eigenvalue weighted by atomic mass is 10.1. The molecule has 5 heteroatoms. The monoisotopic (exact) mass is 292 g/mol. The van der Waals surface area contributed by atoms with Crippen molar-refractivity contribution in [2.24, 2.45) is 0 Å². The molecule has 1 rings (SSSR count). The molecule has 116 valence electrons. The maximum Gasteiger partial charge on any atom is 0.257 e. The summed E-state index contributed by atoms with van der Waals surface area (Å²) in [5.74, 6) is -0.738. The van der Waals surface area contributed by atoms with Crippen LogP contribution < -0.4 is 5.32 Å². The van der Waals surface area contributed by atoms with Crippen molar-refractivity contribution < 1.29 is 14.7 Å².